The second-order valence-electron chi connectivity index (χ2n) is 7.42. The number of ether oxygens (including phenoxy) is 8. The number of hydrogen-bond donors (Lipinski definition) is 1. The van der Waals surface area contributed by atoms with Crippen LogP contribution in [0.25, 0.3) is 0 Å². The number of likely N-dealkylation sites (N-methyl/N-ethyl adjacent to an activating group) is 1. The largest absolute Gasteiger partial charge is 0.463 e. The highest BCUT2D eigenvalue weighted by atomic mass is 16.6. The number of carbonyl (C=O) groups excluding carboxylic acids is 1. The summed E-state index contributed by atoms with van der Waals surface area (Å²) >= 11 is 0. The summed E-state index contributed by atoms with van der Waals surface area (Å²) in [5.41, 5.74) is 0. The third-order valence-electron chi connectivity index (χ3n) is 4.45. The molecule has 0 saturated heterocycles. The first-order valence-electron chi connectivity index (χ1n) is 12.7. The highest BCUT2D eigenvalue weighted by molar-refractivity contribution is 5.69. The average molecular weight is 496 g/mol. The first kappa shape index (κ1) is 33.1. The molecule has 0 aromatic rings. The summed E-state index contributed by atoms with van der Waals surface area (Å²) in [4.78, 5) is 11.5. The van der Waals surface area contributed by atoms with Gasteiger partial charge in [0.2, 0.25) is 0 Å². The Balaban J connectivity index is 3.07. The maximum absolute atomic E-state index is 11.5. The van der Waals surface area contributed by atoms with Crippen molar-refractivity contribution < 1.29 is 42.7 Å². The molecule has 204 valence electrons. The minimum absolute atomic E-state index is 0.146. The van der Waals surface area contributed by atoms with Gasteiger partial charge in [-0.15, -0.1) is 0 Å². The molecule has 0 aromatic heterocycles. The van der Waals surface area contributed by atoms with Crippen LogP contribution in [0.4, 0.5) is 0 Å². The van der Waals surface area contributed by atoms with E-state index in [1.807, 2.05) is 7.05 Å². The van der Waals surface area contributed by atoms with Gasteiger partial charge in [-0.3, -0.25) is 4.79 Å². The molecule has 0 saturated carbocycles. The van der Waals surface area contributed by atoms with Crippen LogP contribution in [0.2, 0.25) is 0 Å². The molecule has 10 heteroatoms. The van der Waals surface area contributed by atoms with E-state index in [-0.39, 0.29) is 5.97 Å². The molecule has 0 atom stereocenters. The van der Waals surface area contributed by atoms with Gasteiger partial charge in [-0.1, -0.05) is 26.2 Å². The number of hydrogen-bond acceptors (Lipinski definition) is 10. The Labute approximate surface area is 206 Å². The summed E-state index contributed by atoms with van der Waals surface area (Å²) < 4.78 is 42.9. The Morgan fingerprint density at radius 1 is 0.529 bits per heavy atom. The minimum Gasteiger partial charge on any atom is -0.463 e. The van der Waals surface area contributed by atoms with Crippen molar-refractivity contribution in [3.05, 3.63) is 0 Å². The molecule has 0 aliphatic carbocycles. The molecular weight excluding hydrogens is 446 g/mol. The normalized spacial score (nSPS) is 11.2. The predicted octanol–water partition coefficient (Wildman–Crippen LogP) is 1.84. The summed E-state index contributed by atoms with van der Waals surface area (Å²) in [6.07, 6.45) is 4.79. The molecule has 0 unspecified atom stereocenters. The van der Waals surface area contributed by atoms with Gasteiger partial charge in [-0.2, -0.15) is 0 Å². The van der Waals surface area contributed by atoms with Gasteiger partial charge in [0.15, 0.2) is 0 Å². The molecule has 0 aliphatic rings. The zero-order chi connectivity index (χ0) is 24.8. The molecule has 0 bridgehead atoms. The van der Waals surface area contributed by atoms with Gasteiger partial charge in [-0.25, -0.2) is 0 Å². The van der Waals surface area contributed by atoms with Crippen molar-refractivity contribution in [2.75, 3.05) is 113 Å². The van der Waals surface area contributed by atoms with Crippen molar-refractivity contribution in [2.24, 2.45) is 0 Å². The Morgan fingerprint density at radius 3 is 1.29 bits per heavy atom. The topological polar surface area (TPSA) is 103 Å². The smallest absolute Gasteiger partial charge is 0.305 e. The molecule has 0 aromatic carbocycles. The summed E-state index contributed by atoms with van der Waals surface area (Å²) in [7, 11) is 1.89. The predicted molar refractivity (Wildman–Crippen MR) is 129 cm³/mol. The fourth-order valence-electron chi connectivity index (χ4n) is 2.58. The van der Waals surface area contributed by atoms with E-state index in [0.29, 0.717) is 106 Å². The quantitative estimate of drug-likeness (QED) is 0.122. The van der Waals surface area contributed by atoms with E-state index in [0.717, 1.165) is 32.2 Å². The molecule has 34 heavy (non-hydrogen) atoms. The Kier molecular flexibility index (Phi) is 29.4. The third-order valence-corrected chi connectivity index (χ3v) is 4.45. The van der Waals surface area contributed by atoms with Crippen LogP contribution in [0, 0.1) is 0 Å². The van der Waals surface area contributed by atoms with Gasteiger partial charge in [0.05, 0.1) is 92.5 Å². The molecule has 0 aliphatic heterocycles. The van der Waals surface area contributed by atoms with Crippen LogP contribution in [0.5, 0.6) is 0 Å². The number of carbonyl (C=O) groups is 1. The average Bonchev–Trinajstić information content (AvgIpc) is 2.84. The first-order valence-corrected chi connectivity index (χ1v) is 12.7. The number of unbranched alkanes of at least 4 members (excludes halogenated alkanes) is 3. The van der Waals surface area contributed by atoms with Gasteiger partial charge in [0.1, 0.15) is 6.61 Å². The Hall–Kier alpha value is -0.850. The lowest BCUT2D eigenvalue weighted by Gasteiger charge is -2.08. The van der Waals surface area contributed by atoms with E-state index in [1.54, 1.807) is 0 Å². The van der Waals surface area contributed by atoms with Crippen molar-refractivity contribution in [2.45, 2.75) is 39.0 Å². The van der Waals surface area contributed by atoms with E-state index in [9.17, 15) is 4.79 Å². The number of rotatable bonds is 29. The van der Waals surface area contributed by atoms with Gasteiger partial charge >= 0.3 is 5.97 Å². The molecular formula is C24H49NO9. The fourth-order valence-corrected chi connectivity index (χ4v) is 2.58. The van der Waals surface area contributed by atoms with Gasteiger partial charge in [0.25, 0.3) is 0 Å². The molecule has 0 fully saturated rings. The first-order chi connectivity index (χ1) is 16.8. The van der Waals surface area contributed by atoms with E-state index in [1.165, 1.54) is 0 Å². The summed E-state index contributed by atoms with van der Waals surface area (Å²) in [6.45, 7) is 10.7. The van der Waals surface area contributed by atoms with Crippen molar-refractivity contribution in [1.82, 2.24) is 5.32 Å². The molecule has 0 amide bonds. The molecule has 1 N–H and O–H groups in total. The van der Waals surface area contributed by atoms with Crippen LogP contribution >= 0.6 is 0 Å². The molecule has 0 radical (unpaired) electrons. The minimum atomic E-state index is -0.146. The lowest BCUT2D eigenvalue weighted by Crippen LogP contribution is -2.17. The van der Waals surface area contributed by atoms with Gasteiger partial charge in [0, 0.05) is 13.0 Å². The van der Waals surface area contributed by atoms with Crippen LogP contribution in [0.15, 0.2) is 0 Å². The number of nitrogens with one attached hydrogen (secondary N) is 1. The number of esters is 1. The van der Waals surface area contributed by atoms with Crippen LogP contribution in [-0.4, -0.2) is 119 Å². The zero-order valence-electron chi connectivity index (χ0n) is 21.5. The van der Waals surface area contributed by atoms with Crippen LogP contribution in [0.1, 0.15) is 39.0 Å². The summed E-state index contributed by atoms with van der Waals surface area (Å²) in [6, 6.07) is 0. The Bertz CT molecular complexity index is 403. The highest BCUT2D eigenvalue weighted by Crippen LogP contribution is 2.03. The third kappa shape index (κ3) is 29.2. The van der Waals surface area contributed by atoms with Crippen LogP contribution in [0.3, 0.4) is 0 Å². The van der Waals surface area contributed by atoms with E-state index < -0.39 is 0 Å². The van der Waals surface area contributed by atoms with E-state index in [4.69, 9.17) is 37.9 Å². The zero-order valence-corrected chi connectivity index (χ0v) is 21.5. The van der Waals surface area contributed by atoms with Gasteiger partial charge in [-0.05, 0) is 13.5 Å². The maximum Gasteiger partial charge on any atom is 0.305 e. The van der Waals surface area contributed by atoms with E-state index >= 15 is 0 Å². The van der Waals surface area contributed by atoms with Crippen molar-refractivity contribution >= 4 is 5.97 Å². The lowest BCUT2D eigenvalue weighted by molar-refractivity contribution is -0.145. The Morgan fingerprint density at radius 2 is 0.912 bits per heavy atom. The lowest BCUT2D eigenvalue weighted by atomic mass is 10.2. The molecule has 0 rings (SSSR count). The second kappa shape index (κ2) is 30.2. The van der Waals surface area contributed by atoms with Crippen LogP contribution in [-0.2, 0) is 42.7 Å². The van der Waals surface area contributed by atoms with Gasteiger partial charge < -0.3 is 43.2 Å². The fraction of sp³-hybridized carbons (Fsp3) is 0.958. The highest BCUT2D eigenvalue weighted by Gasteiger charge is 2.02. The standard InChI is InChI=1S/C24H49NO9/c1-3-4-5-6-7-24(26)34-23-22-33-21-20-32-19-18-31-17-16-30-15-14-29-13-12-28-11-10-27-9-8-25-2/h25H,3-23H2,1-2H3. The van der Waals surface area contributed by atoms with Crippen molar-refractivity contribution in [3.63, 3.8) is 0 Å². The monoisotopic (exact) mass is 495 g/mol. The second-order valence-corrected chi connectivity index (χ2v) is 7.42. The SMILES string of the molecule is CCCCCCC(=O)OCCOCCOCCOCCOCCOCCOCCOCCNC. The maximum atomic E-state index is 11.5. The van der Waals surface area contributed by atoms with Crippen LogP contribution < -0.4 is 5.32 Å². The molecule has 0 heterocycles. The molecule has 0 spiro atoms. The van der Waals surface area contributed by atoms with Crippen molar-refractivity contribution in [3.8, 4) is 0 Å². The van der Waals surface area contributed by atoms with Crippen molar-refractivity contribution in [1.29, 1.82) is 0 Å². The molecule has 10 nitrogen and oxygen atoms in total. The van der Waals surface area contributed by atoms with E-state index in [2.05, 4.69) is 12.2 Å². The summed E-state index contributed by atoms with van der Waals surface area (Å²) in [5, 5.41) is 3.01. The summed E-state index contributed by atoms with van der Waals surface area (Å²) in [5.74, 6) is -0.146.